The van der Waals surface area contributed by atoms with Crippen molar-refractivity contribution in [1.29, 1.82) is 0 Å². The van der Waals surface area contributed by atoms with Gasteiger partial charge in [-0.1, -0.05) is 0 Å². The highest BCUT2D eigenvalue weighted by Crippen LogP contribution is 2.25. The molecule has 2 fully saturated rings. The summed E-state index contributed by atoms with van der Waals surface area (Å²) >= 11 is 0. The van der Waals surface area contributed by atoms with Crippen LogP contribution in [0.2, 0.25) is 0 Å². The highest BCUT2D eigenvalue weighted by Gasteiger charge is 2.38. The summed E-state index contributed by atoms with van der Waals surface area (Å²) in [5.41, 5.74) is -0.271. The standard InChI is InChI=1S/C14H17F2N3O2/c1-18-2-3-21-12-8-19(7-9(12)6-18)14(20)10-4-13(16)17-5-11(10)15/h4-5,9,12H,2-3,6-8H2,1H3/t9-,12+/m0/s1. The van der Waals surface area contributed by atoms with Crippen LogP contribution in [0.4, 0.5) is 8.78 Å². The number of fused-ring (bicyclic) bond motifs is 1. The minimum atomic E-state index is -0.857. The number of pyridine rings is 1. The van der Waals surface area contributed by atoms with Gasteiger partial charge in [-0.15, -0.1) is 0 Å². The van der Waals surface area contributed by atoms with Gasteiger partial charge in [0.25, 0.3) is 5.91 Å². The number of nitrogens with zero attached hydrogens (tertiary/aromatic N) is 3. The van der Waals surface area contributed by atoms with Crippen LogP contribution in [-0.4, -0.2) is 66.6 Å². The van der Waals surface area contributed by atoms with Crippen LogP contribution in [0.15, 0.2) is 12.3 Å². The van der Waals surface area contributed by atoms with Crippen molar-refractivity contribution in [2.75, 3.05) is 39.8 Å². The zero-order chi connectivity index (χ0) is 15.0. The van der Waals surface area contributed by atoms with Crippen LogP contribution in [0, 0.1) is 17.7 Å². The van der Waals surface area contributed by atoms with Crippen LogP contribution in [0.3, 0.4) is 0 Å². The van der Waals surface area contributed by atoms with E-state index in [1.54, 1.807) is 0 Å². The van der Waals surface area contributed by atoms with Crippen LogP contribution < -0.4 is 0 Å². The van der Waals surface area contributed by atoms with Crippen LogP contribution in [0.5, 0.6) is 0 Å². The molecule has 3 rings (SSSR count). The number of aromatic nitrogens is 1. The minimum Gasteiger partial charge on any atom is -0.375 e. The molecule has 0 aliphatic carbocycles. The number of hydrogen-bond acceptors (Lipinski definition) is 4. The number of likely N-dealkylation sites (tertiary alicyclic amines) is 1. The Morgan fingerprint density at radius 3 is 3.00 bits per heavy atom. The Hall–Kier alpha value is -1.60. The Morgan fingerprint density at radius 2 is 2.19 bits per heavy atom. The molecular weight excluding hydrogens is 280 g/mol. The van der Waals surface area contributed by atoms with Gasteiger partial charge >= 0.3 is 0 Å². The van der Waals surface area contributed by atoms with E-state index in [1.165, 1.54) is 4.90 Å². The van der Waals surface area contributed by atoms with Gasteiger partial charge < -0.3 is 14.5 Å². The van der Waals surface area contributed by atoms with Gasteiger partial charge in [-0.25, -0.2) is 9.37 Å². The quantitative estimate of drug-likeness (QED) is 0.718. The molecule has 5 nitrogen and oxygen atoms in total. The molecule has 2 aliphatic heterocycles. The van der Waals surface area contributed by atoms with E-state index in [9.17, 15) is 13.6 Å². The van der Waals surface area contributed by atoms with E-state index in [0.29, 0.717) is 19.7 Å². The maximum absolute atomic E-state index is 13.7. The first kappa shape index (κ1) is 14.3. The van der Waals surface area contributed by atoms with Gasteiger partial charge in [0.15, 0.2) is 5.82 Å². The molecule has 0 radical (unpaired) electrons. The van der Waals surface area contributed by atoms with E-state index in [4.69, 9.17) is 4.74 Å². The topological polar surface area (TPSA) is 45.7 Å². The predicted octanol–water partition coefficient (Wildman–Crippen LogP) is 0.762. The fraction of sp³-hybridized carbons (Fsp3) is 0.571. The fourth-order valence-electron chi connectivity index (χ4n) is 2.97. The minimum absolute atomic E-state index is 0.0337. The lowest BCUT2D eigenvalue weighted by Gasteiger charge is -2.19. The van der Waals surface area contributed by atoms with Gasteiger partial charge in [-0.2, -0.15) is 4.39 Å². The lowest BCUT2D eigenvalue weighted by atomic mass is 10.1. The molecule has 3 heterocycles. The molecule has 2 atom stereocenters. The smallest absolute Gasteiger partial charge is 0.257 e. The van der Waals surface area contributed by atoms with E-state index < -0.39 is 17.7 Å². The zero-order valence-electron chi connectivity index (χ0n) is 11.8. The summed E-state index contributed by atoms with van der Waals surface area (Å²) in [6, 6.07) is 0.846. The summed E-state index contributed by atoms with van der Waals surface area (Å²) in [6.45, 7) is 3.24. The normalized spacial score (nSPS) is 26.5. The molecule has 114 valence electrons. The summed E-state index contributed by atoms with van der Waals surface area (Å²) in [5, 5.41) is 0. The first-order valence-electron chi connectivity index (χ1n) is 6.95. The Balaban J connectivity index is 1.76. The number of amides is 1. The number of carbonyl (C=O) groups excluding carboxylic acids is 1. The van der Waals surface area contributed by atoms with Crippen LogP contribution in [0.25, 0.3) is 0 Å². The molecule has 1 aromatic heterocycles. The number of rotatable bonds is 1. The molecule has 7 heteroatoms. The maximum atomic E-state index is 13.7. The highest BCUT2D eigenvalue weighted by molar-refractivity contribution is 5.94. The number of likely N-dealkylation sites (N-methyl/N-ethyl adjacent to an activating group) is 1. The Bertz CT molecular complexity index is 555. The molecule has 0 aromatic carbocycles. The first-order valence-corrected chi connectivity index (χ1v) is 6.95. The van der Waals surface area contributed by atoms with Crippen LogP contribution in [0.1, 0.15) is 10.4 Å². The van der Waals surface area contributed by atoms with E-state index in [-0.39, 0.29) is 17.6 Å². The van der Waals surface area contributed by atoms with Crippen molar-refractivity contribution in [3.8, 4) is 0 Å². The Kier molecular flexibility index (Phi) is 3.86. The van der Waals surface area contributed by atoms with Gasteiger partial charge in [0, 0.05) is 38.2 Å². The molecule has 0 unspecified atom stereocenters. The molecule has 1 amide bonds. The number of halogens is 2. The second-order valence-electron chi connectivity index (χ2n) is 5.63. The molecular formula is C14H17F2N3O2. The van der Waals surface area contributed by atoms with Gasteiger partial charge in [-0.3, -0.25) is 4.79 Å². The van der Waals surface area contributed by atoms with Crippen molar-refractivity contribution in [3.05, 3.63) is 29.6 Å². The second kappa shape index (κ2) is 5.65. The predicted molar refractivity (Wildman–Crippen MR) is 70.8 cm³/mol. The van der Waals surface area contributed by atoms with Gasteiger partial charge in [0.2, 0.25) is 5.95 Å². The van der Waals surface area contributed by atoms with Gasteiger partial charge in [-0.05, 0) is 7.05 Å². The second-order valence-corrected chi connectivity index (χ2v) is 5.63. The van der Waals surface area contributed by atoms with Crippen LogP contribution in [-0.2, 0) is 4.74 Å². The monoisotopic (exact) mass is 297 g/mol. The van der Waals surface area contributed by atoms with Crippen molar-refractivity contribution in [2.45, 2.75) is 6.10 Å². The lowest BCUT2D eigenvalue weighted by molar-refractivity contribution is 0.0486. The third kappa shape index (κ3) is 2.89. The third-order valence-electron chi connectivity index (χ3n) is 4.07. The Labute approximate surface area is 121 Å². The SMILES string of the molecule is CN1CCO[C@@H]2CN(C(=O)c3cc(F)ncc3F)C[C@@H]2C1. The molecule has 2 saturated heterocycles. The van der Waals surface area contributed by atoms with Crippen molar-refractivity contribution in [1.82, 2.24) is 14.8 Å². The largest absolute Gasteiger partial charge is 0.375 e. The molecule has 0 saturated carbocycles. The summed E-state index contributed by atoms with van der Waals surface area (Å²) in [7, 11) is 2.01. The number of hydrogen-bond donors (Lipinski definition) is 0. The summed E-state index contributed by atoms with van der Waals surface area (Å²) < 4.78 is 32.5. The van der Waals surface area contributed by atoms with E-state index >= 15 is 0 Å². The van der Waals surface area contributed by atoms with Gasteiger partial charge in [0.05, 0.1) is 24.5 Å². The Morgan fingerprint density at radius 1 is 1.38 bits per heavy atom. The maximum Gasteiger partial charge on any atom is 0.257 e. The van der Waals surface area contributed by atoms with Gasteiger partial charge in [0.1, 0.15) is 0 Å². The third-order valence-corrected chi connectivity index (χ3v) is 4.07. The summed E-state index contributed by atoms with van der Waals surface area (Å²) in [5.74, 6) is -1.96. The van der Waals surface area contributed by atoms with Crippen molar-refractivity contribution < 1.29 is 18.3 Å². The average Bonchev–Trinajstić information content (AvgIpc) is 2.75. The highest BCUT2D eigenvalue weighted by atomic mass is 19.1. The average molecular weight is 297 g/mol. The van der Waals surface area contributed by atoms with Crippen molar-refractivity contribution in [3.63, 3.8) is 0 Å². The lowest BCUT2D eigenvalue weighted by Crippen LogP contribution is -2.32. The molecule has 0 bridgehead atoms. The number of ether oxygens (including phenoxy) is 1. The molecule has 0 N–H and O–H groups in total. The van der Waals surface area contributed by atoms with E-state index in [1.807, 2.05) is 7.05 Å². The zero-order valence-corrected chi connectivity index (χ0v) is 11.8. The molecule has 2 aliphatic rings. The van der Waals surface area contributed by atoms with E-state index in [2.05, 4.69) is 9.88 Å². The number of carbonyl (C=O) groups is 1. The first-order chi connectivity index (χ1) is 10.0. The van der Waals surface area contributed by atoms with Crippen molar-refractivity contribution in [2.24, 2.45) is 5.92 Å². The fourth-order valence-corrected chi connectivity index (χ4v) is 2.97. The van der Waals surface area contributed by atoms with Crippen molar-refractivity contribution >= 4 is 5.91 Å². The van der Waals surface area contributed by atoms with E-state index in [0.717, 1.165) is 25.4 Å². The summed E-state index contributed by atoms with van der Waals surface area (Å²) in [6.07, 6.45) is 0.703. The van der Waals surface area contributed by atoms with Crippen LogP contribution >= 0.6 is 0 Å². The molecule has 0 spiro atoms. The molecule has 21 heavy (non-hydrogen) atoms. The summed E-state index contributed by atoms with van der Waals surface area (Å²) in [4.78, 5) is 19.2. The molecule has 1 aromatic rings.